The first-order chi connectivity index (χ1) is 12.1. The van der Waals surface area contributed by atoms with Crippen molar-refractivity contribution in [3.05, 3.63) is 65.8 Å². The Morgan fingerprint density at radius 1 is 1.28 bits per heavy atom. The van der Waals surface area contributed by atoms with Crippen molar-refractivity contribution < 1.29 is 4.74 Å². The van der Waals surface area contributed by atoms with Gasteiger partial charge in [-0.25, -0.2) is 9.38 Å². The molecule has 0 bridgehead atoms. The highest BCUT2D eigenvalue weighted by Crippen LogP contribution is 2.33. The number of hydrogen-bond donors (Lipinski definition) is 0. The van der Waals surface area contributed by atoms with E-state index in [1.54, 1.807) is 4.40 Å². The summed E-state index contributed by atoms with van der Waals surface area (Å²) in [5.74, 6) is 0.723. The lowest BCUT2D eigenvalue weighted by molar-refractivity contribution is 0.337. The van der Waals surface area contributed by atoms with E-state index in [1.165, 1.54) is 11.3 Å². The number of benzene rings is 2. The quantitative estimate of drug-likeness (QED) is 0.438. The van der Waals surface area contributed by atoms with Crippen LogP contribution in [0.15, 0.2) is 50.1 Å². The zero-order chi connectivity index (χ0) is 17.6. The highest BCUT2D eigenvalue weighted by molar-refractivity contribution is 9.11. The third-order valence-electron chi connectivity index (χ3n) is 3.76. The molecule has 0 amide bonds. The minimum Gasteiger partial charge on any atom is -0.492 e. The molecule has 0 aliphatic heterocycles. The highest BCUT2D eigenvalue weighted by Gasteiger charge is 2.13. The summed E-state index contributed by atoms with van der Waals surface area (Å²) in [6.07, 6.45) is 1.86. The minimum atomic E-state index is -0.0627. The average molecular weight is 480 g/mol. The Bertz CT molecular complexity index is 1210. The summed E-state index contributed by atoms with van der Waals surface area (Å²) < 4.78 is 9.78. The zero-order valence-corrected chi connectivity index (χ0v) is 17.1. The predicted octanol–water partition coefficient (Wildman–Crippen LogP) is 4.38. The number of para-hydroxylation sites is 2. The molecule has 4 rings (SSSR count). The fourth-order valence-electron chi connectivity index (χ4n) is 2.74. The van der Waals surface area contributed by atoms with Gasteiger partial charge in [0.25, 0.3) is 5.56 Å². The fraction of sp³-hybridized carbons (Fsp3) is 0.111. The fourth-order valence-corrected chi connectivity index (χ4v) is 5.09. The molecule has 126 valence electrons. The van der Waals surface area contributed by atoms with Gasteiger partial charge < -0.3 is 4.74 Å². The number of aromatic nitrogens is 2. The van der Waals surface area contributed by atoms with Crippen molar-refractivity contribution in [2.24, 2.45) is 0 Å². The molecule has 7 heteroatoms. The van der Waals surface area contributed by atoms with E-state index in [-0.39, 0.29) is 5.56 Å². The van der Waals surface area contributed by atoms with Crippen molar-refractivity contribution in [1.29, 1.82) is 0 Å². The van der Waals surface area contributed by atoms with Crippen molar-refractivity contribution in [3.8, 4) is 5.75 Å². The van der Waals surface area contributed by atoms with Gasteiger partial charge in [0, 0.05) is 10.0 Å². The van der Waals surface area contributed by atoms with E-state index in [9.17, 15) is 4.79 Å². The molecule has 2 heterocycles. The minimum absolute atomic E-state index is 0.0627. The van der Waals surface area contributed by atoms with Gasteiger partial charge in [0.2, 0.25) is 0 Å². The van der Waals surface area contributed by atoms with E-state index in [4.69, 9.17) is 4.74 Å². The van der Waals surface area contributed by atoms with Gasteiger partial charge in [-0.3, -0.25) is 4.79 Å². The van der Waals surface area contributed by atoms with Gasteiger partial charge in [-0.05, 0) is 53.2 Å². The lowest BCUT2D eigenvalue weighted by atomic mass is 10.2. The Kier molecular flexibility index (Phi) is 4.39. The van der Waals surface area contributed by atoms with Gasteiger partial charge >= 0.3 is 0 Å². The second-order valence-electron chi connectivity index (χ2n) is 5.37. The molecule has 4 aromatic rings. The van der Waals surface area contributed by atoms with Crippen molar-refractivity contribution in [2.45, 2.75) is 6.92 Å². The summed E-state index contributed by atoms with van der Waals surface area (Å²) in [6, 6.07) is 11.5. The maximum atomic E-state index is 12.9. The summed E-state index contributed by atoms with van der Waals surface area (Å²) in [4.78, 5) is 18.1. The maximum Gasteiger partial charge on any atom is 0.274 e. The normalized spacial score (nSPS) is 12.4. The molecule has 0 aliphatic carbocycles. The maximum absolute atomic E-state index is 12.9. The topological polar surface area (TPSA) is 43.6 Å². The van der Waals surface area contributed by atoms with E-state index >= 15 is 0 Å². The number of ether oxygens (including phenoxy) is 1. The van der Waals surface area contributed by atoms with Crippen LogP contribution in [-0.4, -0.2) is 16.0 Å². The Balaban J connectivity index is 1.99. The summed E-state index contributed by atoms with van der Waals surface area (Å²) >= 11 is 8.40. The molecule has 4 nitrogen and oxygen atoms in total. The van der Waals surface area contributed by atoms with Crippen molar-refractivity contribution in [1.82, 2.24) is 9.38 Å². The van der Waals surface area contributed by atoms with E-state index in [1.807, 2.05) is 49.4 Å². The van der Waals surface area contributed by atoms with Crippen LogP contribution in [0, 0.1) is 0 Å². The zero-order valence-electron chi connectivity index (χ0n) is 13.1. The molecule has 0 radical (unpaired) electrons. The van der Waals surface area contributed by atoms with E-state index in [2.05, 4.69) is 36.8 Å². The standard InChI is InChI=1S/C18H12Br2N2O2S/c1-2-24-16-10(7-11(19)9-12(16)20)8-15-17(23)22-14-6-4-3-5-13(14)21-18(22)25-15/h3-9H,2H2,1H3/b15-8-. The second-order valence-corrected chi connectivity index (χ2v) is 8.15. The van der Waals surface area contributed by atoms with Crippen LogP contribution in [0.1, 0.15) is 12.5 Å². The number of thiazole rings is 1. The van der Waals surface area contributed by atoms with Crippen molar-refractivity contribution >= 4 is 65.3 Å². The van der Waals surface area contributed by atoms with E-state index in [0.717, 1.165) is 31.3 Å². The smallest absolute Gasteiger partial charge is 0.274 e. The van der Waals surface area contributed by atoms with Gasteiger partial charge in [-0.15, -0.1) is 0 Å². The summed E-state index contributed by atoms with van der Waals surface area (Å²) in [6.45, 7) is 2.48. The van der Waals surface area contributed by atoms with Gasteiger partial charge in [-0.1, -0.05) is 39.4 Å². The van der Waals surface area contributed by atoms with Gasteiger partial charge in [0.1, 0.15) is 5.75 Å². The lowest BCUT2D eigenvalue weighted by Crippen LogP contribution is -2.22. The molecule has 2 aromatic carbocycles. The number of halogens is 2. The molecule has 0 fully saturated rings. The number of fused-ring (bicyclic) bond motifs is 3. The molecule has 0 unspecified atom stereocenters. The molecule has 0 spiro atoms. The number of imidazole rings is 1. The average Bonchev–Trinajstić information content (AvgIpc) is 3.08. The Morgan fingerprint density at radius 3 is 2.88 bits per heavy atom. The Morgan fingerprint density at radius 2 is 2.08 bits per heavy atom. The number of rotatable bonds is 3. The largest absolute Gasteiger partial charge is 0.492 e. The van der Waals surface area contributed by atoms with E-state index < -0.39 is 0 Å². The van der Waals surface area contributed by atoms with Crippen LogP contribution in [0.2, 0.25) is 0 Å². The molecule has 0 N–H and O–H groups in total. The molecular formula is C18H12Br2N2O2S. The third-order valence-corrected chi connectivity index (χ3v) is 5.77. The highest BCUT2D eigenvalue weighted by atomic mass is 79.9. The first kappa shape index (κ1) is 16.8. The Labute approximate surface area is 164 Å². The number of hydrogen-bond acceptors (Lipinski definition) is 4. The molecule has 0 aliphatic rings. The van der Waals surface area contributed by atoms with Gasteiger partial charge in [0.05, 0.1) is 26.6 Å². The molecule has 0 atom stereocenters. The number of nitrogens with zero attached hydrogens (tertiary/aromatic N) is 2. The monoisotopic (exact) mass is 478 g/mol. The summed E-state index contributed by atoms with van der Waals surface area (Å²) in [7, 11) is 0. The molecular weight excluding hydrogens is 468 g/mol. The molecule has 0 saturated carbocycles. The van der Waals surface area contributed by atoms with Crippen LogP contribution in [0.5, 0.6) is 5.75 Å². The van der Waals surface area contributed by atoms with Crippen LogP contribution < -0.4 is 14.8 Å². The first-order valence-corrected chi connectivity index (χ1v) is 10.0. The predicted molar refractivity (Wildman–Crippen MR) is 109 cm³/mol. The molecule has 0 saturated heterocycles. The third kappa shape index (κ3) is 2.90. The lowest BCUT2D eigenvalue weighted by Gasteiger charge is -2.10. The summed E-state index contributed by atoms with van der Waals surface area (Å²) in [5, 5.41) is 0. The van der Waals surface area contributed by atoms with Crippen LogP contribution >= 0.6 is 43.2 Å². The van der Waals surface area contributed by atoms with Crippen molar-refractivity contribution in [2.75, 3.05) is 6.61 Å². The van der Waals surface area contributed by atoms with Crippen LogP contribution in [0.3, 0.4) is 0 Å². The SMILES string of the molecule is CCOc1c(Br)cc(Br)cc1/C=c1\sc2nc3ccccc3n2c1=O. The summed E-state index contributed by atoms with van der Waals surface area (Å²) in [5.41, 5.74) is 2.44. The molecule has 2 aromatic heterocycles. The van der Waals surface area contributed by atoms with Crippen LogP contribution in [-0.2, 0) is 0 Å². The molecule has 25 heavy (non-hydrogen) atoms. The van der Waals surface area contributed by atoms with Crippen molar-refractivity contribution in [3.63, 3.8) is 0 Å². The van der Waals surface area contributed by atoms with Crippen LogP contribution in [0.25, 0.3) is 22.1 Å². The second kappa shape index (κ2) is 6.55. The van der Waals surface area contributed by atoms with Crippen LogP contribution in [0.4, 0.5) is 0 Å². The Hall–Kier alpha value is -1.70. The van der Waals surface area contributed by atoms with Gasteiger partial charge in [-0.2, -0.15) is 0 Å². The van der Waals surface area contributed by atoms with Gasteiger partial charge in [0.15, 0.2) is 4.96 Å². The van der Waals surface area contributed by atoms with E-state index in [0.29, 0.717) is 16.1 Å². The first-order valence-electron chi connectivity index (χ1n) is 7.62.